The minimum absolute atomic E-state index is 0.269. The standard InChI is InChI=1S/C28H42O/c1-4-6-7-8-9-10-11-12-13-14-15-25-16-18-26(19-17-25)27-20-22-28(23-21-27)29-24(3)5-2/h16-24H,4-15H2,1-3H3. The normalized spacial score (nSPS) is 12.1. The molecular formula is C28H42O. The van der Waals surface area contributed by atoms with Gasteiger partial charge in [-0.15, -0.1) is 0 Å². The maximum Gasteiger partial charge on any atom is 0.119 e. The first-order valence-electron chi connectivity index (χ1n) is 12.1. The van der Waals surface area contributed by atoms with E-state index in [1.807, 2.05) is 0 Å². The number of aryl methyl sites for hydroxylation is 1. The van der Waals surface area contributed by atoms with E-state index in [-0.39, 0.29) is 6.10 Å². The van der Waals surface area contributed by atoms with E-state index in [1.165, 1.54) is 87.3 Å². The summed E-state index contributed by atoms with van der Waals surface area (Å²) in [6.07, 6.45) is 16.5. The first-order valence-corrected chi connectivity index (χ1v) is 12.1. The fourth-order valence-corrected chi connectivity index (χ4v) is 3.72. The Balaban J connectivity index is 1.64. The largest absolute Gasteiger partial charge is 0.491 e. The summed E-state index contributed by atoms with van der Waals surface area (Å²) in [5, 5.41) is 0. The van der Waals surface area contributed by atoms with Crippen molar-refractivity contribution in [1.82, 2.24) is 0 Å². The van der Waals surface area contributed by atoms with Crippen molar-refractivity contribution in [3.63, 3.8) is 0 Å². The molecule has 0 bridgehead atoms. The van der Waals surface area contributed by atoms with Crippen LogP contribution in [0.3, 0.4) is 0 Å². The fourth-order valence-electron chi connectivity index (χ4n) is 3.72. The van der Waals surface area contributed by atoms with E-state index in [2.05, 4.69) is 69.3 Å². The number of ether oxygens (including phenoxy) is 1. The van der Waals surface area contributed by atoms with Gasteiger partial charge in [-0.25, -0.2) is 0 Å². The SMILES string of the molecule is CCCCCCCCCCCCc1ccc(-c2ccc(OC(C)CC)cc2)cc1. The molecule has 0 aliphatic carbocycles. The maximum atomic E-state index is 5.87. The molecule has 0 spiro atoms. The summed E-state index contributed by atoms with van der Waals surface area (Å²) < 4.78 is 5.87. The summed E-state index contributed by atoms with van der Waals surface area (Å²) >= 11 is 0. The van der Waals surface area contributed by atoms with Crippen LogP contribution in [0.4, 0.5) is 0 Å². The molecule has 1 atom stereocenters. The molecule has 160 valence electrons. The highest BCUT2D eigenvalue weighted by atomic mass is 16.5. The Hall–Kier alpha value is -1.76. The van der Waals surface area contributed by atoms with Gasteiger partial charge < -0.3 is 4.74 Å². The number of benzene rings is 2. The second-order valence-corrected chi connectivity index (χ2v) is 8.49. The first-order chi connectivity index (χ1) is 14.2. The molecule has 0 heterocycles. The van der Waals surface area contributed by atoms with E-state index in [4.69, 9.17) is 4.74 Å². The van der Waals surface area contributed by atoms with Crippen LogP contribution in [-0.4, -0.2) is 6.10 Å². The number of rotatable bonds is 15. The molecule has 0 aliphatic rings. The van der Waals surface area contributed by atoms with E-state index < -0.39 is 0 Å². The van der Waals surface area contributed by atoms with Gasteiger partial charge in [0.1, 0.15) is 5.75 Å². The Labute approximate surface area is 179 Å². The molecule has 0 saturated heterocycles. The van der Waals surface area contributed by atoms with Gasteiger partial charge in [-0.3, -0.25) is 0 Å². The zero-order chi connectivity index (χ0) is 20.7. The predicted molar refractivity (Wildman–Crippen MR) is 128 cm³/mol. The summed E-state index contributed by atoms with van der Waals surface area (Å²) in [5.74, 6) is 0.959. The summed E-state index contributed by atoms with van der Waals surface area (Å²) in [4.78, 5) is 0. The number of hydrogen-bond donors (Lipinski definition) is 0. The Morgan fingerprint density at radius 3 is 1.62 bits per heavy atom. The zero-order valence-corrected chi connectivity index (χ0v) is 19.1. The molecule has 2 aromatic rings. The third-order valence-corrected chi connectivity index (χ3v) is 5.87. The summed E-state index contributed by atoms with van der Waals surface area (Å²) in [7, 11) is 0. The van der Waals surface area contributed by atoms with Gasteiger partial charge in [0.05, 0.1) is 6.10 Å². The average Bonchev–Trinajstić information content (AvgIpc) is 2.76. The smallest absolute Gasteiger partial charge is 0.119 e. The van der Waals surface area contributed by atoms with Gasteiger partial charge in [0.25, 0.3) is 0 Å². The molecule has 0 saturated carbocycles. The van der Waals surface area contributed by atoms with Crippen LogP contribution < -0.4 is 4.74 Å². The van der Waals surface area contributed by atoms with E-state index >= 15 is 0 Å². The van der Waals surface area contributed by atoms with E-state index in [9.17, 15) is 0 Å². The van der Waals surface area contributed by atoms with Crippen LogP contribution in [0.15, 0.2) is 48.5 Å². The minimum Gasteiger partial charge on any atom is -0.491 e. The predicted octanol–water partition coefficient (Wildman–Crippen LogP) is 8.99. The van der Waals surface area contributed by atoms with Gasteiger partial charge in [-0.1, -0.05) is 108 Å². The molecule has 0 amide bonds. The summed E-state index contributed by atoms with van der Waals surface area (Å²) in [6.45, 7) is 6.55. The molecule has 29 heavy (non-hydrogen) atoms. The molecule has 1 heteroatoms. The van der Waals surface area contributed by atoms with Crippen molar-refractivity contribution in [2.45, 2.75) is 104 Å². The number of unbranched alkanes of at least 4 members (excludes halogenated alkanes) is 9. The highest BCUT2D eigenvalue weighted by Gasteiger charge is 2.03. The lowest BCUT2D eigenvalue weighted by molar-refractivity contribution is 0.217. The molecule has 2 aromatic carbocycles. The Morgan fingerprint density at radius 2 is 1.10 bits per heavy atom. The van der Waals surface area contributed by atoms with Crippen molar-refractivity contribution in [2.75, 3.05) is 0 Å². The summed E-state index contributed by atoms with van der Waals surface area (Å²) in [6, 6.07) is 17.6. The van der Waals surface area contributed by atoms with Crippen molar-refractivity contribution < 1.29 is 4.74 Å². The second kappa shape index (κ2) is 14.3. The topological polar surface area (TPSA) is 9.23 Å². The van der Waals surface area contributed by atoms with Crippen LogP contribution in [0.2, 0.25) is 0 Å². The lowest BCUT2D eigenvalue weighted by Gasteiger charge is -2.13. The molecular weight excluding hydrogens is 352 g/mol. The van der Waals surface area contributed by atoms with Gasteiger partial charge in [0.2, 0.25) is 0 Å². The van der Waals surface area contributed by atoms with Gasteiger partial charge in [0.15, 0.2) is 0 Å². The van der Waals surface area contributed by atoms with Crippen LogP contribution in [0.25, 0.3) is 11.1 Å². The molecule has 1 nitrogen and oxygen atoms in total. The lowest BCUT2D eigenvalue weighted by atomic mass is 10.0. The minimum atomic E-state index is 0.269. The van der Waals surface area contributed by atoms with Crippen LogP contribution in [0.5, 0.6) is 5.75 Å². The molecule has 0 N–H and O–H groups in total. The quantitative estimate of drug-likeness (QED) is 0.274. The van der Waals surface area contributed by atoms with Crippen molar-refractivity contribution >= 4 is 0 Å². The van der Waals surface area contributed by atoms with Gasteiger partial charge in [-0.05, 0) is 55.0 Å². The van der Waals surface area contributed by atoms with Crippen molar-refractivity contribution in [2.24, 2.45) is 0 Å². The van der Waals surface area contributed by atoms with Crippen molar-refractivity contribution in [1.29, 1.82) is 0 Å². The Morgan fingerprint density at radius 1 is 0.621 bits per heavy atom. The number of hydrogen-bond acceptors (Lipinski definition) is 1. The lowest BCUT2D eigenvalue weighted by Crippen LogP contribution is -2.09. The molecule has 0 radical (unpaired) electrons. The molecule has 0 aliphatic heterocycles. The Kier molecular flexibility index (Phi) is 11.6. The second-order valence-electron chi connectivity index (χ2n) is 8.49. The third kappa shape index (κ3) is 9.52. The highest BCUT2D eigenvalue weighted by molar-refractivity contribution is 5.64. The monoisotopic (exact) mass is 394 g/mol. The first kappa shape index (κ1) is 23.5. The molecule has 2 rings (SSSR count). The Bertz CT molecular complexity index is 641. The van der Waals surface area contributed by atoms with Crippen molar-refractivity contribution in [3.8, 4) is 16.9 Å². The van der Waals surface area contributed by atoms with Crippen LogP contribution in [0.1, 0.15) is 97.0 Å². The maximum absolute atomic E-state index is 5.87. The molecule has 0 aromatic heterocycles. The van der Waals surface area contributed by atoms with E-state index in [1.54, 1.807) is 0 Å². The van der Waals surface area contributed by atoms with Crippen LogP contribution in [-0.2, 0) is 6.42 Å². The zero-order valence-electron chi connectivity index (χ0n) is 19.1. The summed E-state index contributed by atoms with van der Waals surface area (Å²) in [5.41, 5.74) is 4.00. The van der Waals surface area contributed by atoms with E-state index in [0.717, 1.165) is 12.2 Å². The van der Waals surface area contributed by atoms with Gasteiger partial charge in [0, 0.05) is 0 Å². The van der Waals surface area contributed by atoms with Gasteiger partial charge >= 0.3 is 0 Å². The van der Waals surface area contributed by atoms with Crippen molar-refractivity contribution in [3.05, 3.63) is 54.1 Å². The van der Waals surface area contributed by atoms with Gasteiger partial charge in [-0.2, -0.15) is 0 Å². The molecule has 0 fully saturated rings. The van der Waals surface area contributed by atoms with Crippen LogP contribution in [0, 0.1) is 0 Å². The highest BCUT2D eigenvalue weighted by Crippen LogP contribution is 2.24. The molecule has 1 unspecified atom stereocenters. The average molecular weight is 395 g/mol. The third-order valence-electron chi connectivity index (χ3n) is 5.87. The fraction of sp³-hybridized carbons (Fsp3) is 0.571. The van der Waals surface area contributed by atoms with Crippen LogP contribution >= 0.6 is 0 Å². The van der Waals surface area contributed by atoms with E-state index in [0.29, 0.717) is 0 Å².